The molecular weight excluding hydrogens is 380 g/mol. The third-order valence-corrected chi connectivity index (χ3v) is 5.24. The Labute approximate surface area is 166 Å². The molecular formula is C20H19ClN4O3. The van der Waals surface area contributed by atoms with Crippen molar-refractivity contribution in [2.75, 3.05) is 26.0 Å². The van der Waals surface area contributed by atoms with E-state index in [1.807, 2.05) is 18.2 Å². The molecule has 1 N–H and O–H groups in total. The fourth-order valence-electron chi connectivity index (χ4n) is 3.60. The highest BCUT2D eigenvalue weighted by Crippen LogP contribution is 2.46. The van der Waals surface area contributed by atoms with Crippen LogP contribution in [-0.4, -0.2) is 48.0 Å². The predicted molar refractivity (Wildman–Crippen MR) is 107 cm³/mol. The highest BCUT2D eigenvalue weighted by molar-refractivity contribution is 6.31. The van der Waals surface area contributed by atoms with E-state index in [1.165, 1.54) is 9.80 Å². The van der Waals surface area contributed by atoms with Gasteiger partial charge in [-0.2, -0.15) is 0 Å². The number of halogens is 1. The molecule has 1 atom stereocenters. The van der Waals surface area contributed by atoms with Gasteiger partial charge in [-0.05, 0) is 29.8 Å². The number of nitrogens with one attached hydrogen (secondary N) is 1. The number of amides is 2. The largest absolute Gasteiger partial charge is 0.427 e. The van der Waals surface area contributed by atoms with Crippen molar-refractivity contribution in [3.63, 3.8) is 0 Å². The van der Waals surface area contributed by atoms with E-state index >= 15 is 0 Å². The summed E-state index contributed by atoms with van der Waals surface area (Å²) >= 11 is 6.23. The van der Waals surface area contributed by atoms with Gasteiger partial charge in [0.05, 0.1) is 23.0 Å². The number of nitrogens with zero attached hydrogens (tertiary/aromatic N) is 3. The maximum absolute atomic E-state index is 13.4. The second-order valence-electron chi connectivity index (χ2n) is 7.01. The molecule has 2 amide bonds. The maximum atomic E-state index is 13.4. The minimum Gasteiger partial charge on any atom is -0.427 e. The number of ether oxygens (including phenoxy) is 1. The summed E-state index contributed by atoms with van der Waals surface area (Å²) in [7, 11) is 4.81. The molecule has 0 saturated carbocycles. The van der Waals surface area contributed by atoms with Crippen LogP contribution in [0.2, 0.25) is 5.02 Å². The second kappa shape index (κ2) is 6.53. The number of hydrogen-bond donors (Lipinski definition) is 1. The molecule has 0 aliphatic carbocycles. The van der Waals surface area contributed by atoms with Crippen LogP contribution in [0, 0.1) is 0 Å². The zero-order valence-corrected chi connectivity index (χ0v) is 16.4. The number of benzene rings is 2. The highest BCUT2D eigenvalue weighted by Gasteiger charge is 2.54. The number of likely N-dealkylation sites (N-methyl/N-ethyl adjacent to an activating group) is 1. The smallest absolute Gasteiger partial charge is 0.410 e. The quantitative estimate of drug-likeness (QED) is 0.734. The van der Waals surface area contributed by atoms with Gasteiger partial charge in [0, 0.05) is 38.1 Å². The summed E-state index contributed by atoms with van der Waals surface area (Å²) in [4.78, 5) is 36.1. The number of fused-ring (bicyclic) bond motifs is 2. The lowest BCUT2D eigenvalue weighted by atomic mass is 9.87. The lowest BCUT2D eigenvalue weighted by Crippen LogP contribution is -2.46. The van der Waals surface area contributed by atoms with Gasteiger partial charge in [-0.3, -0.25) is 4.79 Å². The number of aromatic amines is 1. The maximum Gasteiger partial charge on any atom is 0.410 e. The Morgan fingerprint density at radius 3 is 2.86 bits per heavy atom. The Morgan fingerprint density at radius 1 is 1.32 bits per heavy atom. The molecule has 7 nitrogen and oxygen atoms in total. The topological polar surface area (TPSA) is 78.5 Å². The van der Waals surface area contributed by atoms with E-state index in [1.54, 1.807) is 45.7 Å². The number of hydrogen-bond acceptors (Lipinski definition) is 4. The van der Waals surface area contributed by atoms with Crippen LogP contribution in [0.15, 0.2) is 42.7 Å². The Kier molecular flexibility index (Phi) is 4.27. The zero-order chi connectivity index (χ0) is 20.1. The summed E-state index contributed by atoms with van der Waals surface area (Å²) in [6.07, 6.45) is 1.13. The van der Waals surface area contributed by atoms with Crippen LogP contribution < -0.4 is 4.90 Å². The number of para-hydroxylation sites is 1. The first-order valence-corrected chi connectivity index (χ1v) is 9.11. The lowest BCUT2D eigenvalue weighted by molar-refractivity contribution is -0.137. The van der Waals surface area contributed by atoms with E-state index in [0.29, 0.717) is 16.3 Å². The average Bonchev–Trinajstić information content (AvgIpc) is 3.21. The van der Waals surface area contributed by atoms with Crippen molar-refractivity contribution in [3.05, 3.63) is 58.9 Å². The molecule has 1 aromatic heterocycles. The standard InChI is InChI=1S/C20H19ClN4O3/c1-24(2)19(27)28-20(10-12-5-4-6-15-17(12)23-11-22-15)14-9-13(21)7-8-16(14)25(3)18(20)26/h4-9,11H,10H2,1-3H3,(H,22,23). The van der Waals surface area contributed by atoms with Crippen molar-refractivity contribution in [3.8, 4) is 0 Å². The van der Waals surface area contributed by atoms with Crippen LogP contribution in [0.25, 0.3) is 11.0 Å². The monoisotopic (exact) mass is 398 g/mol. The van der Waals surface area contributed by atoms with Crippen molar-refractivity contribution in [2.45, 2.75) is 12.0 Å². The van der Waals surface area contributed by atoms with Gasteiger partial charge >= 0.3 is 6.09 Å². The van der Waals surface area contributed by atoms with Crippen LogP contribution in [0.4, 0.5) is 10.5 Å². The normalized spacial score (nSPS) is 18.4. The number of rotatable bonds is 3. The third-order valence-electron chi connectivity index (χ3n) is 5.00. The lowest BCUT2D eigenvalue weighted by Gasteiger charge is -2.30. The molecule has 0 radical (unpaired) electrons. The number of carbonyl (C=O) groups excluding carboxylic acids is 2. The van der Waals surface area contributed by atoms with Gasteiger partial charge in [-0.25, -0.2) is 9.78 Å². The number of H-pyrrole nitrogens is 1. The van der Waals surface area contributed by atoms with Crippen molar-refractivity contribution < 1.29 is 14.3 Å². The number of carbonyl (C=O) groups is 2. The van der Waals surface area contributed by atoms with Gasteiger partial charge < -0.3 is 19.5 Å². The van der Waals surface area contributed by atoms with Crippen molar-refractivity contribution in [1.82, 2.24) is 14.9 Å². The minimum absolute atomic E-state index is 0.144. The predicted octanol–water partition coefficient (Wildman–Crippen LogP) is 3.33. The fourth-order valence-corrected chi connectivity index (χ4v) is 3.78. The van der Waals surface area contributed by atoms with Crippen LogP contribution in [0.3, 0.4) is 0 Å². The first kappa shape index (κ1) is 18.3. The Bertz CT molecular complexity index is 1090. The van der Waals surface area contributed by atoms with Gasteiger partial charge in [-0.1, -0.05) is 23.7 Å². The molecule has 1 unspecified atom stereocenters. The van der Waals surface area contributed by atoms with E-state index in [-0.39, 0.29) is 12.3 Å². The summed E-state index contributed by atoms with van der Waals surface area (Å²) in [6, 6.07) is 10.8. The third kappa shape index (κ3) is 2.70. The molecule has 28 heavy (non-hydrogen) atoms. The van der Waals surface area contributed by atoms with Gasteiger partial charge in [0.25, 0.3) is 5.91 Å². The number of anilines is 1. The molecule has 4 rings (SSSR count). The molecule has 3 aromatic rings. The molecule has 0 fully saturated rings. The van der Waals surface area contributed by atoms with E-state index in [2.05, 4.69) is 9.97 Å². The first-order valence-electron chi connectivity index (χ1n) is 8.73. The molecule has 1 aliphatic heterocycles. The molecule has 1 aliphatic rings. The Balaban J connectivity index is 1.91. The molecule has 2 heterocycles. The van der Waals surface area contributed by atoms with E-state index in [4.69, 9.17) is 16.3 Å². The van der Waals surface area contributed by atoms with Gasteiger partial charge in [0.1, 0.15) is 0 Å². The minimum atomic E-state index is -1.52. The van der Waals surface area contributed by atoms with Gasteiger partial charge in [0.15, 0.2) is 0 Å². The van der Waals surface area contributed by atoms with E-state index in [9.17, 15) is 9.59 Å². The van der Waals surface area contributed by atoms with E-state index in [0.717, 1.165) is 16.6 Å². The second-order valence-corrected chi connectivity index (χ2v) is 7.44. The van der Waals surface area contributed by atoms with E-state index < -0.39 is 11.7 Å². The molecule has 8 heteroatoms. The summed E-state index contributed by atoms with van der Waals surface area (Å²) in [5.74, 6) is -0.326. The average molecular weight is 399 g/mol. The summed E-state index contributed by atoms with van der Waals surface area (Å²) in [5.41, 5.74) is 2.07. The SMILES string of the molecule is CN(C)C(=O)OC1(Cc2cccc3[nH]cnc23)C(=O)N(C)c2ccc(Cl)cc21. The van der Waals surface area contributed by atoms with Crippen LogP contribution in [0.1, 0.15) is 11.1 Å². The summed E-state index contributed by atoms with van der Waals surface area (Å²) in [6.45, 7) is 0. The first-order chi connectivity index (χ1) is 13.3. The molecule has 2 aromatic carbocycles. The van der Waals surface area contributed by atoms with Crippen LogP contribution >= 0.6 is 11.6 Å². The molecule has 0 bridgehead atoms. The molecule has 0 spiro atoms. The molecule has 0 saturated heterocycles. The van der Waals surface area contributed by atoms with Crippen molar-refractivity contribution in [1.29, 1.82) is 0 Å². The molecule has 144 valence electrons. The summed E-state index contributed by atoms with van der Waals surface area (Å²) in [5, 5.41) is 0.463. The number of aromatic nitrogens is 2. The van der Waals surface area contributed by atoms with Crippen molar-refractivity contribution >= 4 is 40.3 Å². The highest BCUT2D eigenvalue weighted by atomic mass is 35.5. The number of imidazole rings is 1. The Hall–Kier alpha value is -3.06. The Morgan fingerprint density at radius 2 is 2.11 bits per heavy atom. The van der Waals surface area contributed by atoms with Crippen LogP contribution in [-0.2, 0) is 21.6 Å². The van der Waals surface area contributed by atoms with Gasteiger partial charge in [0.2, 0.25) is 5.60 Å². The van der Waals surface area contributed by atoms with Crippen molar-refractivity contribution in [2.24, 2.45) is 0 Å². The zero-order valence-electron chi connectivity index (χ0n) is 15.7. The summed E-state index contributed by atoms with van der Waals surface area (Å²) < 4.78 is 5.85. The van der Waals surface area contributed by atoms with Gasteiger partial charge in [-0.15, -0.1) is 0 Å². The fraction of sp³-hybridized carbons (Fsp3) is 0.250. The van der Waals surface area contributed by atoms with Crippen LogP contribution in [0.5, 0.6) is 0 Å².